The Kier molecular flexibility index (Phi) is 3.47. The fraction of sp³-hybridized carbons (Fsp3) is 0.0625. The lowest BCUT2D eigenvalue weighted by atomic mass is 10.1. The van der Waals surface area contributed by atoms with Gasteiger partial charge in [-0.05, 0) is 12.1 Å². The van der Waals surface area contributed by atoms with Gasteiger partial charge in [0.1, 0.15) is 5.75 Å². The second-order valence-electron chi connectivity index (χ2n) is 4.49. The average molecular weight is 280 g/mol. The molecule has 0 saturated carbocycles. The van der Waals surface area contributed by atoms with E-state index in [2.05, 4.69) is 9.97 Å². The summed E-state index contributed by atoms with van der Waals surface area (Å²) in [5.74, 6) is -0.458. The summed E-state index contributed by atoms with van der Waals surface area (Å²) < 4.78 is 5.63. The van der Waals surface area contributed by atoms with Crippen LogP contribution >= 0.6 is 0 Å². The molecule has 104 valence electrons. The summed E-state index contributed by atoms with van der Waals surface area (Å²) in [5, 5.41) is 9.83. The van der Waals surface area contributed by atoms with Gasteiger partial charge in [0.2, 0.25) is 0 Å². The number of benzene rings is 2. The molecular weight excluding hydrogens is 268 g/mol. The lowest BCUT2D eigenvalue weighted by Gasteiger charge is -2.08. The van der Waals surface area contributed by atoms with E-state index in [9.17, 15) is 4.79 Å². The quantitative estimate of drug-likeness (QED) is 0.795. The highest BCUT2D eigenvalue weighted by Crippen LogP contribution is 2.24. The number of carbonyl (C=O) groups is 1. The molecule has 3 rings (SSSR count). The molecule has 1 heterocycles. The van der Waals surface area contributed by atoms with E-state index in [0.29, 0.717) is 11.3 Å². The summed E-state index contributed by atoms with van der Waals surface area (Å²) in [6.07, 6.45) is 1.57. The Labute approximate surface area is 120 Å². The summed E-state index contributed by atoms with van der Waals surface area (Å²) in [6, 6.07) is 14.7. The topological polar surface area (TPSA) is 72.3 Å². The van der Waals surface area contributed by atoms with E-state index < -0.39 is 5.97 Å². The van der Waals surface area contributed by atoms with Crippen molar-refractivity contribution in [2.45, 2.75) is 6.42 Å². The van der Waals surface area contributed by atoms with Gasteiger partial charge in [0.25, 0.3) is 0 Å². The van der Waals surface area contributed by atoms with Gasteiger partial charge in [0, 0.05) is 17.1 Å². The number of hydrogen-bond donors (Lipinski definition) is 1. The van der Waals surface area contributed by atoms with Crippen LogP contribution < -0.4 is 4.74 Å². The summed E-state index contributed by atoms with van der Waals surface area (Å²) in [6.45, 7) is 0. The Morgan fingerprint density at radius 3 is 2.71 bits per heavy atom. The Balaban J connectivity index is 1.93. The third kappa shape index (κ3) is 2.97. The molecule has 0 radical (unpaired) electrons. The van der Waals surface area contributed by atoms with Gasteiger partial charge in [-0.2, -0.15) is 4.98 Å². The minimum absolute atomic E-state index is 0.107. The van der Waals surface area contributed by atoms with Crippen molar-refractivity contribution in [3.8, 4) is 11.8 Å². The van der Waals surface area contributed by atoms with Crippen molar-refractivity contribution < 1.29 is 14.6 Å². The van der Waals surface area contributed by atoms with E-state index in [1.165, 1.54) is 0 Å². The summed E-state index contributed by atoms with van der Waals surface area (Å²) in [7, 11) is 0. The predicted octanol–water partition coefficient (Wildman–Crippen LogP) is 3.05. The van der Waals surface area contributed by atoms with Crippen LogP contribution in [0.2, 0.25) is 0 Å². The number of aliphatic carboxylic acids is 1. The van der Waals surface area contributed by atoms with E-state index in [1.807, 2.05) is 24.3 Å². The van der Waals surface area contributed by atoms with Crippen LogP contribution in [0.15, 0.2) is 54.7 Å². The van der Waals surface area contributed by atoms with Gasteiger partial charge in [0.05, 0.1) is 11.9 Å². The minimum atomic E-state index is -0.912. The molecule has 0 unspecified atom stereocenters. The lowest BCUT2D eigenvalue weighted by Crippen LogP contribution is -2.02. The normalized spacial score (nSPS) is 10.5. The van der Waals surface area contributed by atoms with Crippen molar-refractivity contribution in [1.29, 1.82) is 0 Å². The highest BCUT2D eigenvalue weighted by Gasteiger charge is 2.09. The van der Waals surface area contributed by atoms with Crippen LogP contribution in [-0.4, -0.2) is 21.0 Å². The molecule has 0 spiro atoms. The molecule has 0 saturated heterocycles. The first-order chi connectivity index (χ1) is 10.2. The van der Waals surface area contributed by atoms with Gasteiger partial charge in [-0.1, -0.05) is 36.4 Å². The maximum Gasteiger partial charge on any atom is 0.322 e. The van der Waals surface area contributed by atoms with Gasteiger partial charge in [0.15, 0.2) is 0 Å². The molecule has 5 heteroatoms. The molecule has 3 aromatic rings. The van der Waals surface area contributed by atoms with Gasteiger partial charge in [-0.25, -0.2) is 4.98 Å². The largest absolute Gasteiger partial charge is 0.481 e. The molecule has 1 aromatic heterocycles. The molecule has 0 aliphatic rings. The van der Waals surface area contributed by atoms with Gasteiger partial charge < -0.3 is 9.84 Å². The molecule has 5 nitrogen and oxygen atoms in total. The standard InChI is InChI=1S/C16H12N2O3/c19-15(20)9-11-5-2-4-8-14(11)21-16-17-10-12-6-1-3-7-13(12)18-16/h1-8,10H,9H2,(H,19,20). The number of fused-ring (bicyclic) bond motifs is 1. The number of para-hydroxylation sites is 2. The third-order valence-electron chi connectivity index (χ3n) is 2.98. The highest BCUT2D eigenvalue weighted by molar-refractivity contribution is 5.77. The number of rotatable bonds is 4. The van der Waals surface area contributed by atoms with Gasteiger partial charge in [-0.3, -0.25) is 4.79 Å². The minimum Gasteiger partial charge on any atom is -0.481 e. The predicted molar refractivity (Wildman–Crippen MR) is 77.4 cm³/mol. The van der Waals surface area contributed by atoms with Crippen LogP contribution in [-0.2, 0) is 11.2 Å². The van der Waals surface area contributed by atoms with Crippen molar-refractivity contribution in [2.24, 2.45) is 0 Å². The first-order valence-corrected chi connectivity index (χ1v) is 6.42. The molecule has 0 aliphatic heterocycles. The van der Waals surface area contributed by atoms with Crippen LogP contribution in [0.25, 0.3) is 10.9 Å². The summed E-state index contributed by atoms with van der Waals surface area (Å²) in [4.78, 5) is 19.3. The van der Waals surface area contributed by atoms with Crippen molar-refractivity contribution >= 4 is 16.9 Å². The molecular formula is C16H12N2O3. The fourth-order valence-electron chi connectivity index (χ4n) is 2.02. The number of nitrogens with zero attached hydrogens (tertiary/aromatic N) is 2. The van der Waals surface area contributed by atoms with Crippen LogP contribution in [0.4, 0.5) is 0 Å². The molecule has 0 amide bonds. The van der Waals surface area contributed by atoms with Crippen LogP contribution in [0.3, 0.4) is 0 Å². The SMILES string of the molecule is O=C(O)Cc1ccccc1Oc1ncc2ccccc2n1. The zero-order chi connectivity index (χ0) is 14.7. The monoisotopic (exact) mass is 280 g/mol. The zero-order valence-corrected chi connectivity index (χ0v) is 11.1. The molecule has 2 aromatic carbocycles. The summed E-state index contributed by atoms with van der Waals surface area (Å²) in [5.41, 5.74) is 1.36. The van der Waals surface area contributed by atoms with Crippen molar-refractivity contribution in [2.75, 3.05) is 0 Å². The Morgan fingerprint density at radius 2 is 1.86 bits per heavy atom. The Bertz CT molecular complexity index is 802. The number of carboxylic acid groups (broad SMARTS) is 1. The molecule has 0 aliphatic carbocycles. The first kappa shape index (κ1) is 13.1. The molecule has 0 bridgehead atoms. The number of ether oxygens (including phenoxy) is 1. The van der Waals surface area contributed by atoms with Crippen molar-refractivity contribution in [3.63, 3.8) is 0 Å². The molecule has 0 atom stereocenters. The summed E-state index contributed by atoms with van der Waals surface area (Å²) >= 11 is 0. The second kappa shape index (κ2) is 5.58. The highest BCUT2D eigenvalue weighted by atomic mass is 16.5. The van der Waals surface area contributed by atoms with Gasteiger partial charge >= 0.3 is 12.0 Å². The Hall–Kier alpha value is -2.95. The van der Waals surface area contributed by atoms with E-state index in [-0.39, 0.29) is 12.4 Å². The lowest BCUT2D eigenvalue weighted by molar-refractivity contribution is -0.136. The van der Waals surface area contributed by atoms with Crippen LogP contribution in [0, 0.1) is 0 Å². The maximum absolute atomic E-state index is 10.9. The third-order valence-corrected chi connectivity index (χ3v) is 2.98. The number of carboxylic acids is 1. The second-order valence-corrected chi connectivity index (χ2v) is 4.49. The van der Waals surface area contributed by atoms with Crippen LogP contribution in [0.5, 0.6) is 11.8 Å². The molecule has 1 N–H and O–H groups in total. The van der Waals surface area contributed by atoms with Gasteiger partial charge in [-0.15, -0.1) is 0 Å². The Morgan fingerprint density at radius 1 is 1.10 bits per heavy atom. The fourth-order valence-corrected chi connectivity index (χ4v) is 2.02. The van der Waals surface area contributed by atoms with E-state index in [0.717, 1.165) is 10.9 Å². The smallest absolute Gasteiger partial charge is 0.322 e. The van der Waals surface area contributed by atoms with E-state index in [1.54, 1.807) is 30.5 Å². The molecule has 0 fully saturated rings. The van der Waals surface area contributed by atoms with E-state index in [4.69, 9.17) is 9.84 Å². The van der Waals surface area contributed by atoms with Crippen LogP contribution in [0.1, 0.15) is 5.56 Å². The number of aromatic nitrogens is 2. The maximum atomic E-state index is 10.9. The zero-order valence-electron chi connectivity index (χ0n) is 11.1. The van der Waals surface area contributed by atoms with Crippen molar-refractivity contribution in [3.05, 3.63) is 60.3 Å². The molecule has 21 heavy (non-hydrogen) atoms. The van der Waals surface area contributed by atoms with E-state index >= 15 is 0 Å². The van der Waals surface area contributed by atoms with Crippen molar-refractivity contribution in [1.82, 2.24) is 9.97 Å². The first-order valence-electron chi connectivity index (χ1n) is 6.42. The average Bonchev–Trinajstić information content (AvgIpc) is 2.49. The number of hydrogen-bond acceptors (Lipinski definition) is 4.